The van der Waals surface area contributed by atoms with Gasteiger partial charge in [-0.25, -0.2) is 18.4 Å². The van der Waals surface area contributed by atoms with E-state index >= 15 is 0 Å². The van der Waals surface area contributed by atoms with Gasteiger partial charge in [0.05, 0.1) is 11.8 Å². The summed E-state index contributed by atoms with van der Waals surface area (Å²) in [5.74, 6) is 0.952. The Kier molecular flexibility index (Phi) is 6.40. The third-order valence-electron chi connectivity index (χ3n) is 7.19. The van der Waals surface area contributed by atoms with E-state index in [9.17, 15) is 8.42 Å². The van der Waals surface area contributed by atoms with E-state index in [0.717, 1.165) is 41.9 Å². The predicted octanol–water partition coefficient (Wildman–Crippen LogP) is 3.34. The largest absolute Gasteiger partial charge is 0.369 e. The molecule has 2 N–H and O–H groups in total. The van der Waals surface area contributed by atoms with Crippen LogP contribution in [0.4, 0.5) is 23.1 Å². The standard InChI is InChI=1S/C27H32N8O2S/c1-19-17-34(15-13-28-19)23-7-5-22(6-8-23)31-27-30-16-20-11-14-35(26(20)32-27)18-21-4-3-12-29-25(21)33(2)38(36,37)24-9-10-24/h3-8,11-12,14,16,19,24,28H,9-10,13,15,17-18H2,1-2H3,(H,30,31,32). The molecule has 1 saturated carbocycles. The van der Waals surface area contributed by atoms with Gasteiger partial charge in [-0.15, -0.1) is 0 Å². The van der Waals surface area contributed by atoms with Crippen molar-refractivity contribution in [2.24, 2.45) is 0 Å². The maximum Gasteiger partial charge on any atom is 0.238 e. The molecule has 0 radical (unpaired) electrons. The highest BCUT2D eigenvalue weighted by atomic mass is 32.2. The fraction of sp³-hybridized carbons (Fsp3) is 0.370. The van der Waals surface area contributed by atoms with Crippen molar-refractivity contribution >= 4 is 44.2 Å². The Morgan fingerprint density at radius 2 is 1.95 bits per heavy atom. The van der Waals surface area contributed by atoms with Crippen molar-refractivity contribution in [1.29, 1.82) is 0 Å². The fourth-order valence-corrected chi connectivity index (χ4v) is 6.53. The summed E-state index contributed by atoms with van der Waals surface area (Å²) in [6.07, 6.45) is 6.79. The molecule has 2 fully saturated rings. The molecule has 1 atom stereocenters. The summed E-state index contributed by atoms with van der Waals surface area (Å²) in [5.41, 5.74) is 3.69. The Morgan fingerprint density at radius 3 is 2.71 bits per heavy atom. The number of nitrogens with zero attached hydrogens (tertiary/aromatic N) is 6. The monoisotopic (exact) mass is 532 g/mol. The Hall–Kier alpha value is -3.70. The van der Waals surface area contributed by atoms with Crippen LogP contribution in [0.5, 0.6) is 0 Å². The first-order valence-corrected chi connectivity index (χ1v) is 14.5. The van der Waals surface area contributed by atoms with Gasteiger partial charge in [0, 0.05) is 73.6 Å². The van der Waals surface area contributed by atoms with Crippen molar-refractivity contribution in [3.05, 3.63) is 66.6 Å². The van der Waals surface area contributed by atoms with Gasteiger partial charge in [-0.1, -0.05) is 6.07 Å². The zero-order valence-corrected chi connectivity index (χ0v) is 22.4. The molecule has 4 aromatic rings. The first-order chi connectivity index (χ1) is 18.4. The minimum absolute atomic E-state index is 0.300. The normalized spacial score (nSPS) is 18.1. The highest BCUT2D eigenvalue weighted by molar-refractivity contribution is 7.93. The number of hydrogen-bond donors (Lipinski definition) is 2. The molecule has 1 saturated heterocycles. The first-order valence-electron chi connectivity index (χ1n) is 13.0. The Bertz CT molecular complexity index is 1550. The third kappa shape index (κ3) is 4.91. The maximum atomic E-state index is 12.8. The number of pyridine rings is 1. The SMILES string of the molecule is CC1CN(c2ccc(Nc3ncc4ccn(Cc5cccnc5N(C)S(=O)(=O)C5CC5)c4n3)cc2)CCN1. The highest BCUT2D eigenvalue weighted by Gasteiger charge is 2.39. The lowest BCUT2D eigenvalue weighted by Gasteiger charge is -2.33. The number of nitrogens with one attached hydrogen (secondary N) is 2. The molecule has 1 aromatic carbocycles. The van der Waals surface area contributed by atoms with E-state index in [-0.39, 0.29) is 5.25 Å². The van der Waals surface area contributed by atoms with Gasteiger partial charge in [0.15, 0.2) is 0 Å². The number of hydrogen-bond acceptors (Lipinski definition) is 8. The minimum Gasteiger partial charge on any atom is -0.369 e. The zero-order valence-electron chi connectivity index (χ0n) is 21.6. The molecule has 0 bridgehead atoms. The van der Waals surface area contributed by atoms with Crippen molar-refractivity contribution in [2.75, 3.05) is 41.2 Å². The van der Waals surface area contributed by atoms with Crippen molar-refractivity contribution in [2.45, 2.75) is 37.6 Å². The van der Waals surface area contributed by atoms with Crippen LogP contribution in [0.3, 0.4) is 0 Å². The van der Waals surface area contributed by atoms with Crippen molar-refractivity contribution in [3.63, 3.8) is 0 Å². The topological polar surface area (TPSA) is 108 Å². The van der Waals surface area contributed by atoms with Crippen LogP contribution in [0.25, 0.3) is 11.0 Å². The molecule has 1 unspecified atom stereocenters. The van der Waals surface area contributed by atoms with Crippen LogP contribution >= 0.6 is 0 Å². The lowest BCUT2D eigenvalue weighted by molar-refractivity contribution is 0.485. The van der Waals surface area contributed by atoms with Gasteiger partial charge in [-0.3, -0.25) is 4.31 Å². The van der Waals surface area contributed by atoms with E-state index in [4.69, 9.17) is 4.98 Å². The number of aromatic nitrogens is 4. The number of anilines is 4. The molecule has 3 aromatic heterocycles. The van der Waals surface area contributed by atoms with Crippen LogP contribution in [0.2, 0.25) is 0 Å². The van der Waals surface area contributed by atoms with Gasteiger partial charge in [0.25, 0.3) is 0 Å². The summed E-state index contributed by atoms with van der Waals surface area (Å²) in [6, 6.07) is 14.5. The Labute approximate surface area is 222 Å². The minimum atomic E-state index is -3.40. The fourth-order valence-electron chi connectivity index (χ4n) is 4.94. The van der Waals surface area contributed by atoms with Crippen molar-refractivity contribution < 1.29 is 8.42 Å². The van der Waals surface area contributed by atoms with Crippen LogP contribution in [-0.2, 0) is 16.6 Å². The number of rotatable bonds is 8. The molecule has 198 valence electrons. The van der Waals surface area contributed by atoms with E-state index < -0.39 is 10.0 Å². The smallest absolute Gasteiger partial charge is 0.238 e. The average Bonchev–Trinajstić information content (AvgIpc) is 3.72. The van der Waals surface area contributed by atoms with E-state index in [0.29, 0.717) is 37.2 Å². The van der Waals surface area contributed by atoms with Gasteiger partial charge in [-0.2, -0.15) is 4.98 Å². The van der Waals surface area contributed by atoms with Crippen LogP contribution < -0.4 is 19.8 Å². The summed E-state index contributed by atoms with van der Waals surface area (Å²) < 4.78 is 29.0. The van der Waals surface area contributed by atoms with Crippen molar-refractivity contribution in [3.8, 4) is 0 Å². The molecular weight excluding hydrogens is 500 g/mol. The summed E-state index contributed by atoms with van der Waals surface area (Å²) in [4.78, 5) is 16.1. The molecular formula is C27H32N8O2S. The maximum absolute atomic E-state index is 12.8. The number of piperazine rings is 1. The molecule has 10 nitrogen and oxygen atoms in total. The summed E-state index contributed by atoms with van der Waals surface area (Å²) in [5, 5.41) is 7.40. The summed E-state index contributed by atoms with van der Waals surface area (Å²) >= 11 is 0. The molecule has 11 heteroatoms. The van der Waals surface area contributed by atoms with Gasteiger partial charge in [0.1, 0.15) is 11.5 Å². The number of benzene rings is 1. The van der Waals surface area contributed by atoms with Crippen LogP contribution in [0.1, 0.15) is 25.3 Å². The van der Waals surface area contributed by atoms with E-state index in [1.807, 2.05) is 41.1 Å². The molecule has 0 spiro atoms. The van der Waals surface area contributed by atoms with Gasteiger partial charge in [0.2, 0.25) is 16.0 Å². The lowest BCUT2D eigenvalue weighted by Crippen LogP contribution is -2.49. The van der Waals surface area contributed by atoms with E-state index in [1.165, 1.54) is 9.99 Å². The number of sulfonamides is 1. The third-order valence-corrected chi connectivity index (χ3v) is 9.44. The van der Waals surface area contributed by atoms with E-state index in [1.54, 1.807) is 19.4 Å². The molecule has 2 aliphatic rings. The van der Waals surface area contributed by atoms with Crippen LogP contribution in [0.15, 0.2) is 61.1 Å². The lowest BCUT2D eigenvalue weighted by atomic mass is 10.2. The van der Waals surface area contributed by atoms with Gasteiger partial charge < -0.3 is 20.1 Å². The van der Waals surface area contributed by atoms with E-state index in [2.05, 4.69) is 44.6 Å². The predicted molar refractivity (Wildman–Crippen MR) is 151 cm³/mol. The van der Waals surface area contributed by atoms with Gasteiger partial charge >= 0.3 is 0 Å². The Morgan fingerprint density at radius 1 is 1.13 bits per heavy atom. The first kappa shape index (κ1) is 24.6. The number of fused-ring (bicyclic) bond motifs is 1. The molecule has 1 aliphatic carbocycles. The quantitative estimate of drug-likeness (QED) is 0.356. The van der Waals surface area contributed by atoms with Crippen LogP contribution in [0, 0.1) is 0 Å². The molecule has 0 amide bonds. The zero-order chi connectivity index (χ0) is 26.3. The highest BCUT2D eigenvalue weighted by Crippen LogP contribution is 2.33. The average molecular weight is 533 g/mol. The van der Waals surface area contributed by atoms with Crippen LogP contribution in [-0.4, -0.2) is 65.9 Å². The second-order valence-electron chi connectivity index (χ2n) is 10.1. The summed E-state index contributed by atoms with van der Waals surface area (Å²) in [6.45, 7) is 5.61. The molecule has 38 heavy (non-hydrogen) atoms. The molecule has 6 rings (SSSR count). The summed E-state index contributed by atoms with van der Waals surface area (Å²) in [7, 11) is -1.81. The molecule has 4 heterocycles. The second-order valence-corrected chi connectivity index (χ2v) is 12.3. The molecule has 1 aliphatic heterocycles. The van der Waals surface area contributed by atoms with Gasteiger partial charge in [-0.05, 0) is 56.2 Å². The van der Waals surface area contributed by atoms with Crippen molar-refractivity contribution in [1.82, 2.24) is 24.8 Å². The Balaban J connectivity index is 1.22. The second kappa shape index (κ2) is 9.88.